The fourth-order valence-corrected chi connectivity index (χ4v) is 2.73. The molecule has 0 amide bonds. The van der Waals surface area contributed by atoms with Crippen LogP contribution < -0.4 is 5.73 Å². The highest BCUT2D eigenvalue weighted by molar-refractivity contribution is 5.87. The second-order valence-corrected chi connectivity index (χ2v) is 5.14. The third-order valence-corrected chi connectivity index (χ3v) is 3.82. The van der Waals surface area contributed by atoms with Crippen LogP contribution in [0.1, 0.15) is 22.7 Å². The van der Waals surface area contributed by atoms with Crippen LogP contribution in [0.15, 0.2) is 54.6 Å². The van der Waals surface area contributed by atoms with Gasteiger partial charge in [0.1, 0.15) is 0 Å². The molecule has 3 heteroatoms. The van der Waals surface area contributed by atoms with Gasteiger partial charge in [-0.3, -0.25) is 0 Å². The monoisotopic (exact) mass is 283 g/mol. The molecule has 106 valence electrons. The van der Waals surface area contributed by atoms with Gasteiger partial charge < -0.3 is 5.73 Å². The minimum Gasteiger partial charge on any atom is -0.320 e. The van der Waals surface area contributed by atoms with Crippen LogP contribution >= 0.6 is 0 Å². The minimum absolute atomic E-state index is 0.175. The van der Waals surface area contributed by atoms with Crippen molar-refractivity contribution in [2.75, 3.05) is 0 Å². The number of nitrogens with two attached hydrogens (primary N) is 1. The molecule has 3 rings (SSSR count). The SMILES string of the molecule is Cc1ccc2ccccc2c1C(N)c1cccc(F)c1F. The van der Waals surface area contributed by atoms with E-state index in [4.69, 9.17) is 5.73 Å². The predicted octanol–water partition coefficient (Wildman–Crippen LogP) is 4.47. The van der Waals surface area contributed by atoms with E-state index in [-0.39, 0.29) is 5.56 Å². The Morgan fingerprint density at radius 2 is 1.67 bits per heavy atom. The second-order valence-electron chi connectivity index (χ2n) is 5.14. The lowest BCUT2D eigenvalue weighted by atomic mass is 9.90. The van der Waals surface area contributed by atoms with Crippen molar-refractivity contribution in [3.63, 3.8) is 0 Å². The van der Waals surface area contributed by atoms with Crippen molar-refractivity contribution in [2.45, 2.75) is 13.0 Å². The molecule has 1 unspecified atom stereocenters. The van der Waals surface area contributed by atoms with Gasteiger partial charge in [-0.1, -0.05) is 48.5 Å². The van der Waals surface area contributed by atoms with Crippen molar-refractivity contribution in [1.29, 1.82) is 0 Å². The van der Waals surface area contributed by atoms with Gasteiger partial charge >= 0.3 is 0 Å². The summed E-state index contributed by atoms with van der Waals surface area (Å²) in [6, 6.07) is 15.2. The Labute approximate surface area is 122 Å². The summed E-state index contributed by atoms with van der Waals surface area (Å²) in [4.78, 5) is 0. The Morgan fingerprint density at radius 3 is 2.48 bits per heavy atom. The molecule has 2 N–H and O–H groups in total. The van der Waals surface area contributed by atoms with E-state index in [2.05, 4.69) is 0 Å². The number of hydrogen-bond acceptors (Lipinski definition) is 1. The molecule has 0 fully saturated rings. The van der Waals surface area contributed by atoms with Crippen LogP contribution in [0.3, 0.4) is 0 Å². The highest BCUT2D eigenvalue weighted by atomic mass is 19.2. The fraction of sp³-hybridized carbons (Fsp3) is 0.111. The first kappa shape index (κ1) is 13.7. The highest BCUT2D eigenvalue weighted by Crippen LogP contribution is 2.31. The van der Waals surface area contributed by atoms with Crippen LogP contribution in [-0.2, 0) is 0 Å². The number of aryl methyl sites for hydroxylation is 1. The largest absolute Gasteiger partial charge is 0.320 e. The summed E-state index contributed by atoms with van der Waals surface area (Å²) in [5.41, 5.74) is 8.22. The van der Waals surface area contributed by atoms with Crippen molar-refractivity contribution in [2.24, 2.45) is 5.73 Å². The zero-order valence-corrected chi connectivity index (χ0v) is 11.6. The van der Waals surface area contributed by atoms with Crippen LogP contribution in [0.25, 0.3) is 10.8 Å². The standard InChI is InChI=1S/C18H15F2N/c1-11-9-10-12-5-2-3-6-13(12)16(11)18(21)14-7-4-8-15(19)17(14)20/h2-10,18H,21H2,1H3. The number of hydrogen-bond donors (Lipinski definition) is 1. The molecule has 0 radical (unpaired) electrons. The van der Waals surface area contributed by atoms with Crippen LogP contribution in [0.5, 0.6) is 0 Å². The smallest absolute Gasteiger partial charge is 0.163 e. The first-order valence-corrected chi connectivity index (χ1v) is 6.77. The Balaban J connectivity index is 2.24. The molecule has 0 aliphatic heterocycles. The summed E-state index contributed by atoms with van der Waals surface area (Å²) in [6.07, 6.45) is 0. The maximum atomic E-state index is 14.0. The molecule has 21 heavy (non-hydrogen) atoms. The molecule has 0 aromatic heterocycles. The van der Waals surface area contributed by atoms with E-state index in [0.717, 1.165) is 28.0 Å². The summed E-state index contributed by atoms with van der Waals surface area (Å²) in [7, 11) is 0. The Bertz CT molecular complexity index is 811. The van der Waals surface area contributed by atoms with Gasteiger partial charge in [0, 0.05) is 5.56 Å². The molecule has 0 aliphatic carbocycles. The van der Waals surface area contributed by atoms with E-state index in [1.54, 1.807) is 0 Å². The van der Waals surface area contributed by atoms with Crippen LogP contribution in [-0.4, -0.2) is 0 Å². The van der Waals surface area contributed by atoms with Crippen LogP contribution in [0.2, 0.25) is 0 Å². The van der Waals surface area contributed by atoms with E-state index >= 15 is 0 Å². The van der Waals surface area contributed by atoms with Crippen LogP contribution in [0, 0.1) is 18.6 Å². The highest BCUT2D eigenvalue weighted by Gasteiger charge is 2.19. The maximum Gasteiger partial charge on any atom is 0.163 e. The van der Waals surface area contributed by atoms with Crippen molar-refractivity contribution >= 4 is 10.8 Å². The molecule has 3 aromatic rings. The average Bonchev–Trinajstić information content (AvgIpc) is 2.49. The van der Waals surface area contributed by atoms with Gasteiger partial charge in [-0.05, 0) is 34.9 Å². The topological polar surface area (TPSA) is 26.0 Å². The third kappa shape index (κ3) is 2.30. The van der Waals surface area contributed by atoms with Gasteiger partial charge in [0.25, 0.3) is 0 Å². The van der Waals surface area contributed by atoms with Gasteiger partial charge in [-0.15, -0.1) is 0 Å². The first-order valence-electron chi connectivity index (χ1n) is 6.77. The van der Waals surface area contributed by atoms with Gasteiger partial charge in [0.05, 0.1) is 6.04 Å². The summed E-state index contributed by atoms with van der Waals surface area (Å²) in [5, 5.41) is 2.00. The van der Waals surface area contributed by atoms with Crippen molar-refractivity contribution in [1.82, 2.24) is 0 Å². The number of halogens is 2. The van der Waals surface area contributed by atoms with Gasteiger partial charge in [-0.25, -0.2) is 8.78 Å². The number of fused-ring (bicyclic) bond motifs is 1. The molecule has 0 saturated heterocycles. The van der Waals surface area contributed by atoms with E-state index in [1.807, 2.05) is 43.3 Å². The van der Waals surface area contributed by atoms with E-state index in [1.165, 1.54) is 12.1 Å². The summed E-state index contributed by atoms with van der Waals surface area (Å²) >= 11 is 0. The maximum absolute atomic E-state index is 14.0. The van der Waals surface area contributed by atoms with E-state index in [9.17, 15) is 8.78 Å². The van der Waals surface area contributed by atoms with Gasteiger partial charge in [0.15, 0.2) is 11.6 Å². The fourth-order valence-electron chi connectivity index (χ4n) is 2.73. The van der Waals surface area contributed by atoms with Gasteiger partial charge in [0.2, 0.25) is 0 Å². The lowest BCUT2D eigenvalue weighted by Crippen LogP contribution is -2.16. The Hall–Kier alpha value is -2.26. The first-order chi connectivity index (χ1) is 10.1. The number of rotatable bonds is 2. The van der Waals surface area contributed by atoms with Crippen molar-refractivity contribution in [3.05, 3.63) is 82.9 Å². The molecule has 0 saturated carbocycles. The Morgan fingerprint density at radius 1 is 0.905 bits per heavy atom. The lowest BCUT2D eigenvalue weighted by molar-refractivity contribution is 0.494. The summed E-state index contributed by atoms with van der Waals surface area (Å²) < 4.78 is 27.5. The van der Waals surface area contributed by atoms with Crippen LogP contribution in [0.4, 0.5) is 8.78 Å². The molecule has 0 spiro atoms. The molecule has 0 bridgehead atoms. The summed E-state index contributed by atoms with van der Waals surface area (Å²) in [5.74, 6) is -1.75. The number of benzene rings is 3. The van der Waals surface area contributed by atoms with Crippen molar-refractivity contribution < 1.29 is 8.78 Å². The van der Waals surface area contributed by atoms with E-state index in [0.29, 0.717) is 0 Å². The molecule has 1 nitrogen and oxygen atoms in total. The molecular weight excluding hydrogens is 268 g/mol. The third-order valence-electron chi connectivity index (χ3n) is 3.82. The lowest BCUT2D eigenvalue weighted by Gasteiger charge is -2.18. The predicted molar refractivity (Wildman–Crippen MR) is 81.1 cm³/mol. The summed E-state index contributed by atoms with van der Waals surface area (Å²) in [6.45, 7) is 1.93. The van der Waals surface area contributed by atoms with Crippen molar-refractivity contribution in [3.8, 4) is 0 Å². The normalized spacial score (nSPS) is 12.6. The second kappa shape index (κ2) is 5.26. The zero-order chi connectivity index (χ0) is 15.0. The quantitative estimate of drug-likeness (QED) is 0.737. The Kier molecular flexibility index (Phi) is 3.43. The van der Waals surface area contributed by atoms with Gasteiger partial charge in [-0.2, -0.15) is 0 Å². The molecule has 1 atom stereocenters. The minimum atomic E-state index is -0.877. The zero-order valence-electron chi connectivity index (χ0n) is 11.6. The molecule has 0 heterocycles. The van der Waals surface area contributed by atoms with E-state index < -0.39 is 17.7 Å². The molecular formula is C18H15F2N. The molecule has 3 aromatic carbocycles. The molecule has 0 aliphatic rings. The average molecular weight is 283 g/mol.